The van der Waals surface area contributed by atoms with Crippen molar-refractivity contribution in [3.63, 3.8) is 0 Å². The van der Waals surface area contributed by atoms with E-state index in [1.165, 1.54) is 4.40 Å². The number of carboxylic acid groups (broad SMARTS) is 1. The van der Waals surface area contributed by atoms with Crippen LogP contribution in [0.2, 0.25) is 0 Å². The summed E-state index contributed by atoms with van der Waals surface area (Å²) in [4.78, 5) is 22.9. The van der Waals surface area contributed by atoms with E-state index in [9.17, 15) is 9.59 Å². The average Bonchev–Trinajstić information content (AvgIpc) is 2.26. The first kappa shape index (κ1) is 11.6. The Morgan fingerprint density at radius 1 is 1.44 bits per heavy atom. The lowest BCUT2D eigenvalue weighted by Crippen LogP contribution is -2.24. The van der Waals surface area contributed by atoms with Crippen molar-refractivity contribution in [2.24, 2.45) is 0 Å². The van der Waals surface area contributed by atoms with E-state index >= 15 is 0 Å². The molecule has 2 rings (SSSR count). The Morgan fingerprint density at radius 3 is 2.75 bits per heavy atom. The Morgan fingerprint density at radius 2 is 2.12 bits per heavy atom. The third kappa shape index (κ3) is 1.65. The second kappa shape index (κ2) is 4.17. The van der Waals surface area contributed by atoms with Crippen molar-refractivity contribution in [1.82, 2.24) is 4.40 Å². The second-order valence-corrected chi connectivity index (χ2v) is 4.94. The zero-order valence-corrected chi connectivity index (χ0v) is 11.5. The van der Waals surface area contributed by atoms with Crippen LogP contribution >= 0.6 is 38.5 Å². The lowest BCUT2D eigenvalue weighted by molar-refractivity contribution is 0.0693. The fourth-order valence-corrected chi connectivity index (χ4v) is 2.68. The molecule has 0 saturated carbocycles. The van der Waals surface area contributed by atoms with Crippen molar-refractivity contribution in [3.05, 3.63) is 48.4 Å². The van der Waals surface area contributed by atoms with Gasteiger partial charge in [0.25, 0.3) is 5.56 Å². The molecule has 0 aromatic carbocycles. The first-order chi connectivity index (χ1) is 7.54. The van der Waals surface area contributed by atoms with Gasteiger partial charge in [-0.15, -0.1) is 0 Å². The molecule has 2 aromatic heterocycles. The first-order valence-electron chi connectivity index (χ1n) is 4.25. The Labute approximate surface area is 112 Å². The van der Waals surface area contributed by atoms with Crippen LogP contribution in [-0.2, 0) is 0 Å². The molecular formula is C10H5BrINO3. The maximum absolute atomic E-state index is 11.9. The van der Waals surface area contributed by atoms with Gasteiger partial charge in [0.05, 0.1) is 9.99 Å². The topological polar surface area (TPSA) is 58.8 Å². The van der Waals surface area contributed by atoms with E-state index in [2.05, 4.69) is 15.9 Å². The van der Waals surface area contributed by atoms with Gasteiger partial charge in [0.1, 0.15) is 5.56 Å². The zero-order valence-electron chi connectivity index (χ0n) is 7.78. The molecule has 0 aliphatic carbocycles. The normalized spacial score (nSPS) is 10.6. The fraction of sp³-hybridized carbons (Fsp3) is 0. The number of rotatable bonds is 1. The molecule has 0 aliphatic rings. The van der Waals surface area contributed by atoms with Crippen molar-refractivity contribution >= 4 is 50.0 Å². The van der Waals surface area contributed by atoms with Gasteiger partial charge in [-0.2, -0.15) is 0 Å². The number of hydrogen-bond donors (Lipinski definition) is 1. The Balaban J connectivity index is 3.07. The molecule has 6 heteroatoms. The number of nitrogens with zero attached hydrogens (tertiary/aromatic N) is 1. The molecule has 0 aliphatic heterocycles. The Hall–Kier alpha value is -0.890. The number of halogens is 2. The Bertz CT molecular complexity index is 650. The van der Waals surface area contributed by atoms with Crippen LogP contribution in [0, 0.1) is 3.57 Å². The molecule has 1 N–H and O–H groups in total. The summed E-state index contributed by atoms with van der Waals surface area (Å²) in [7, 11) is 0. The number of fused-ring (bicyclic) bond motifs is 1. The lowest BCUT2D eigenvalue weighted by Gasteiger charge is -2.07. The highest BCUT2D eigenvalue weighted by Crippen LogP contribution is 2.25. The molecule has 0 saturated heterocycles. The molecule has 0 amide bonds. The summed E-state index contributed by atoms with van der Waals surface area (Å²) < 4.78 is 2.35. The molecule has 16 heavy (non-hydrogen) atoms. The molecule has 4 nitrogen and oxygen atoms in total. The van der Waals surface area contributed by atoms with E-state index in [0.29, 0.717) is 13.6 Å². The van der Waals surface area contributed by atoms with Gasteiger partial charge in [-0.3, -0.25) is 9.20 Å². The van der Waals surface area contributed by atoms with E-state index < -0.39 is 11.5 Å². The van der Waals surface area contributed by atoms with E-state index in [-0.39, 0.29) is 5.56 Å². The second-order valence-electron chi connectivity index (χ2n) is 3.07. The van der Waals surface area contributed by atoms with Gasteiger partial charge in [0.15, 0.2) is 0 Å². The van der Waals surface area contributed by atoms with Crippen LogP contribution in [0.1, 0.15) is 10.4 Å². The lowest BCUT2D eigenvalue weighted by atomic mass is 10.2. The average molecular weight is 394 g/mol. The number of pyridine rings is 2. The van der Waals surface area contributed by atoms with Crippen molar-refractivity contribution in [1.29, 1.82) is 0 Å². The molecule has 0 spiro atoms. The fourth-order valence-electron chi connectivity index (χ4n) is 1.42. The monoisotopic (exact) mass is 393 g/mol. The van der Waals surface area contributed by atoms with Gasteiger partial charge in [-0.1, -0.05) is 6.07 Å². The number of aromatic nitrogens is 1. The summed E-state index contributed by atoms with van der Waals surface area (Å²) in [5.74, 6) is -1.21. The molecule has 2 heterocycles. The maximum Gasteiger partial charge on any atom is 0.342 e. The minimum atomic E-state index is -1.21. The molecule has 0 fully saturated rings. The largest absolute Gasteiger partial charge is 0.477 e. The number of hydrogen-bond acceptors (Lipinski definition) is 2. The summed E-state index contributed by atoms with van der Waals surface area (Å²) in [6.07, 6.45) is 1.55. The van der Waals surface area contributed by atoms with Crippen LogP contribution in [0.15, 0.2) is 33.7 Å². The van der Waals surface area contributed by atoms with Gasteiger partial charge < -0.3 is 5.11 Å². The minimum absolute atomic E-state index is 0.212. The predicted molar refractivity (Wildman–Crippen MR) is 71.0 cm³/mol. The quantitative estimate of drug-likeness (QED) is 0.756. The van der Waals surface area contributed by atoms with Crippen molar-refractivity contribution < 1.29 is 9.90 Å². The van der Waals surface area contributed by atoms with Crippen LogP contribution in [0.4, 0.5) is 0 Å². The van der Waals surface area contributed by atoms with Gasteiger partial charge in [0, 0.05) is 9.77 Å². The molecule has 0 radical (unpaired) electrons. The van der Waals surface area contributed by atoms with Crippen LogP contribution in [0.3, 0.4) is 0 Å². The van der Waals surface area contributed by atoms with Crippen LogP contribution in [0.5, 0.6) is 0 Å². The smallest absolute Gasteiger partial charge is 0.342 e. The van der Waals surface area contributed by atoms with Gasteiger partial charge in [-0.25, -0.2) is 4.79 Å². The van der Waals surface area contributed by atoms with Crippen LogP contribution in [-0.4, -0.2) is 15.5 Å². The summed E-state index contributed by atoms with van der Waals surface area (Å²) in [5, 5.41) is 8.99. The highest BCUT2D eigenvalue weighted by molar-refractivity contribution is 14.1. The molecular weight excluding hydrogens is 389 g/mol. The third-order valence-electron chi connectivity index (χ3n) is 2.14. The number of aromatic carboxylic acids is 1. The maximum atomic E-state index is 11.9. The molecule has 0 atom stereocenters. The summed E-state index contributed by atoms with van der Waals surface area (Å²) >= 11 is 5.16. The third-order valence-corrected chi connectivity index (χ3v) is 4.77. The Kier molecular flexibility index (Phi) is 3.02. The SMILES string of the molecule is O=C(O)c1c(I)c(Br)c2ccccn2c1=O. The summed E-state index contributed by atoms with van der Waals surface area (Å²) in [6.45, 7) is 0. The van der Waals surface area contributed by atoms with Crippen molar-refractivity contribution in [2.45, 2.75) is 0 Å². The highest BCUT2D eigenvalue weighted by Gasteiger charge is 2.19. The molecule has 82 valence electrons. The molecule has 0 unspecified atom stereocenters. The summed E-state index contributed by atoms with van der Waals surface area (Å²) in [5.41, 5.74) is -0.0752. The van der Waals surface area contributed by atoms with E-state index in [0.717, 1.165) is 0 Å². The number of carbonyl (C=O) groups is 1. The molecule has 2 aromatic rings. The number of carboxylic acids is 1. The van der Waals surface area contributed by atoms with Gasteiger partial charge in [-0.05, 0) is 50.7 Å². The van der Waals surface area contributed by atoms with E-state index in [4.69, 9.17) is 5.11 Å². The van der Waals surface area contributed by atoms with E-state index in [1.807, 2.05) is 22.6 Å². The van der Waals surface area contributed by atoms with E-state index in [1.54, 1.807) is 24.4 Å². The van der Waals surface area contributed by atoms with Crippen molar-refractivity contribution in [2.75, 3.05) is 0 Å². The van der Waals surface area contributed by atoms with Crippen LogP contribution in [0.25, 0.3) is 5.52 Å². The summed E-state index contributed by atoms with van der Waals surface area (Å²) in [6, 6.07) is 5.22. The van der Waals surface area contributed by atoms with Gasteiger partial charge in [0.2, 0.25) is 0 Å². The predicted octanol–water partition coefficient (Wildman–Crippen LogP) is 2.36. The first-order valence-corrected chi connectivity index (χ1v) is 6.13. The van der Waals surface area contributed by atoms with Crippen LogP contribution < -0.4 is 5.56 Å². The van der Waals surface area contributed by atoms with Gasteiger partial charge >= 0.3 is 5.97 Å². The standard InChI is InChI=1S/C10H5BrINO3/c11-7-5-3-1-2-4-13(5)9(14)6(8(7)12)10(15)16/h1-4H,(H,15,16). The van der Waals surface area contributed by atoms with Crippen molar-refractivity contribution in [3.8, 4) is 0 Å². The molecule has 0 bridgehead atoms. The zero-order chi connectivity index (χ0) is 11.9. The highest BCUT2D eigenvalue weighted by atomic mass is 127. The minimum Gasteiger partial charge on any atom is -0.477 e.